The van der Waals surface area contributed by atoms with E-state index in [1.54, 1.807) is 6.20 Å². The van der Waals surface area contributed by atoms with Crippen LogP contribution in [0.25, 0.3) is 0 Å². The van der Waals surface area contributed by atoms with Gasteiger partial charge in [-0.3, -0.25) is 0 Å². The van der Waals surface area contributed by atoms with Gasteiger partial charge in [-0.1, -0.05) is 30.3 Å². The van der Waals surface area contributed by atoms with Crippen LogP contribution >= 0.6 is 0 Å². The summed E-state index contributed by atoms with van der Waals surface area (Å²) in [4.78, 5) is 6.54. The second-order valence-corrected chi connectivity index (χ2v) is 5.53. The van der Waals surface area contributed by atoms with Crippen LogP contribution in [0.4, 0.5) is 11.5 Å². The van der Waals surface area contributed by atoms with Gasteiger partial charge in [0.15, 0.2) is 0 Å². The fraction of sp³-hybridized carbons (Fsp3) is 0.353. The van der Waals surface area contributed by atoms with Gasteiger partial charge in [0.2, 0.25) is 0 Å². The van der Waals surface area contributed by atoms with E-state index in [9.17, 15) is 0 Å². The lowest BCUT2D eigenvalue weighted by Crippen LogP contribution is -2.34. The van der Waals surface area contributed by atoms with E-state index in [0.717, 1.165) is 24.7 Å². The van der Waals surface area contributed by atoms with Gasteiger partial charge in [0.25, 0.3) is 0 Å². The van der Waals surface area contributed by atoms with E-state index in [1.165, 1.54) is 24.8 Å². The van der Waals surface area contributed by atoms with Crippen molar-refractivity contribution in [1.29, 1.82) is 0 Å². The van der Waals surface area contributed by atoms with Gasteiger partial charge < -0.3 is 10.6 Å². The van der Waals surface area contributed by atoms with E-state index < -0.39 is 0 Å². The Bertz CT molecular complexity index is 545. The molecule has 3 heteroatoms. The maximum absolute atomic E-state index is 5.96. The molecule has 0 atom stereocenters. The van der Waals surface area contributed by atoms with Gasteiger partial charge >= 0.3 is 0 Å². The van der Waals surface area contributed by atoms with Crippen molar-refractivity contribution < 1.29 is 0 Å². The molecule has 3 nitrogen and oxygen atoms in total. The topological polar surface area (TPSA) is 42.1 Å². The summed E-state index contributed by atoms with van der Waals surface area (Å²) in [6, 6.07) is 14.8. The zero-order chi connectivity index (χ0) is 13.8. The molecule has 2 N–H and O–H groups in total. The Hall–Kier alpha value is -2.03. The van der Waals surface area contributed by atoms with E-state index in [0.29, 0.717) is 5.82 Å². The molecular formula is C17H21N3. The first kappa shape index (κ1) is 13.0. The third-order valence-corrected chi connectivity index (χ3v) is 4.14. The molecule has 0 radical (unpaired) electrons. The Kier molecular flexibility index (Phi) is 3.86. The molecule has 0 saturated carbocycles. The molecule has 1 aliphatic heterocycles. The van der Waals surface area contributed by atoms with Gasteiger partial charge in [0.05, 0.1) is 5.69 Å². The Morgan fingerprint density at radius 2 is 1.80 bits per heavy atom. The largest absolute Gasteiger partial charge is 0.382 e. The van der Waals surface area contributed by atoms with Crippen molar-refractivity contribution in [3.63, 3.8) is 0 Å². The normalized spacial score (nSPS) is 16.3. The molecule has 20 heavy (non-hydrogen) atoms. The molecule has 0 unspecified atom stereocenters. The molecule has 2 heterocycles. The maximum atomic E-state index is 5.96. The Morgan fingerprint density at radius 3 is 2.50 bits per heavy atom. The maximum Gasteiger partial charge on any atom is 0.146 e. The number of hydrogen-bond donors (Lipinski definition) is 1. The number of piperidine rings is 1. The molecule has 1 fully saturated rings. The van der Waals surface area contributed by atoms with Gasteiger partial charge in [0.1, 0.15) is 5.82 Å². The molecule has 2 aromatic rings. The van der Waals surface area contributed by atoms with Crippen molar-refractivity contribution in [3.8, 4) is 0 Å². The Morgan fingerprint density at radius 1 is 1.05 bits per heavy atom. The van der Waals surface area contributed by atoms with Gasteiger partial charge in [-0.05, 0) is 42.9 Å². The van der Waals surface area contributed by atoms with E-state index in [4.69, 9.17) is 5.73 Å². The van der Waals surface area contributed by atoms with Crippen LogP contribution < -0.4 is 10.6 Å². The van der Waals surface area contributed by atoms with Crippen LogP contribution in [0.2, 0.25) is 0 Å². The summed E-state index contributed by atoms with van der Waals surface area (Å²) in [5, 5.41) is 0. The molecule has 0 aliphatic carbocycles. The summed E-state index contributed by atoms with van der Waals surface area (Å²) in [6.45, 7) is 2.15. The highest BCUT2D eigenvalue weighted by Gasteiger charge is 2.20. The number of benzene rings is 1. The van der Waals surface area contributed by atoms with E-state index in [-0.39, 0.29) is 0 Å². The van der Waals surface area contributed by atoms with E-state index >= 15 is 0 Å². The van der Waals surface area contributed by atoms with Gasteiger partial charge in [-0.2, -0.15) is 0 Å². The zero-order valence-electron chi connectivity index (χ0n) is 11.7. The predicted molar refractivity (Wildman–Crippen MR) is 83.7 cm³/mol. The lowest BCUT2D eigenvalue weighted by Gasteiger charge is -2.34. The van der Waals surface area contributed by atoms with Crippen LogP contribution in [0, 0.1) is 5.92 Å². The van der Waals surface area contributed by atoms with E-state index in [1.807, 2.05) is 6.07 Å². The number of anilines is 2. The van der Waals surface area contributed by atoms with Crippen LogP contribution in [0.5, 0.6) is 0 Å². The summed E-state index contributed by atoms with van der Waals surface area (Å²) in [5.41, 5.74) is 8.50. The minimum absolute atomic E-state index is 0.647. The molecule has 0 amide bonds. The van der Waals surface area contributed by atoms with Gasteiger partial charge in [0, 0.05) is 19.3 Å². The Labute approximate surface area is 120 Å². The van der Waals surface area contributed by atoms with Crippen molar-refractivity contribution in [3.05, 3.63) is 54.2 Å². The third-order valence-electron chi connectivity index (χ3n) is 4.14. The average Bonchev–Trinajstić information content (AvgIpc) is 2.50. The molecule has 1 aliphatic rings. The van der Waals surface area contributed by atoms with Crippen LogP contribution in [0.3, 0.4) is 0 Å². The molecule has 1 aromatic heterocycles. The first-order chi connectivity index (χ1) is 9.83. The van der Waals surface area contributed by atoms with E-state index in [2.05, 4.69) is 46.3 Å². The summed E-state index contributed by atoms with van der Waals surface area (Å²) < 4.78 is 0. The molecule has 3 rings (SSSR count). The number of nitrogen functional groups attached to an aromatic ring is 1. The summed E-state index contributed by atoms with van der Waals surface area (Å²) >= 11 is 0. The number of rotatable bonds is 3. The SMILES string of the molecule is Nc1ncccc1N1CCC(Cc2ccccc2)CC1. The number of nitrogens with zero attached hydrogens (tertiary/aromatic N) is 2. The number of hydrogen-bond acceptors (Lipinski definition) is 3. The van der Waals surface area contributed by atoms with Crippen LogP contribution in [0.1, 0.15) is 18.4 Å². The van der Waals surface area contributed by atoms with Crippen LogP contribution in [-0.2, 0) is 6.42 Å². The highest BCUT2D eigenvalue weighted by atomic mass is 15.2. The molecule has 1 saturated heterocycles. The minimum atomic E-state index is 0.647. The quantitative estimate of drug-likeness (QED) is 0.929. The van der Waals surface area contributed by atoms with Crippen LogP contribution in [0.15, 0.2) is 48.7 Å². The third kappa shape index (κ3) is 2.93. The fourth-order valence-electron chi connectivity index (χ4n) is 3.00. The molecule has 1 aromatic carbocycles. The highest BCUT2D eigenvalue weighted by molar-refractivity contribution is 5.63. The van der Waals surface area contributed by atoms with Crippen molar-refractivity contribution in [1.82, 2.24) is 4.98 Å². The van der Waals surface area contributed by atoms with Crippen molar-refractivity contribution >= 4 is 11.5 Å². The lowest BCUT2D eigenvalue weighted by molar-refractivity contribution is 0.404. The molecular weight excluding hydrogens is 246 g/mol. The van der Waals surface area contributed by atoms with Crippen molar-refractivity contribution in [2.24, 2.45) is 5.92 Å². The first-order valence-corrected chi connectivity index (χ1v) is 7.32. The highest BCUT2D eigenvalue weighted by Crippen LogP contribution is 2.28. The predicted octanol–water partition coefficient (Wildman–Crippen LogP) is 3.12. The summed E-state index contributed by atoms with van der Waals surface area (Å²) in [5.74, 6) is 1.43. The first-order valence-electron chi connectivity index (χ1n) is 7.32. The smallest absolute Gasteiger partial charge is 0.146 e. The molecule has 0 bridgehead atoms. The lowest BCUT2D eigenvalue weighted by atomic mass is 9.90. The Balaban J connectivity index is 1.59. The number of pyridine rings is 1. The van der Waals surface area contributed by atoms with Gasteiger partial charge in [-0.25, -0.2) is 4.98 Å². The zero-order valence-corrected chi connectivity index (χ0v) is 11.7. The second kappa shape index (κ2) is 5.95. The minimum Gasteiger partial charge on any atom is -0.382 e. The average molecular weight is 267 g/mol. The standard InChI is InChI=1S/C17H21N3/c18-17-16(7-4-10-19-17)20-11-8-15(9-12-20)13-14-5-2-1-3-6-14/h1-7,10,15H,8-9,11-13H2,(H2,18,19). The number of aromatic nitrogens is 1. The monoisotopic (exact) mass is 267 g/mol. The fourth-order valence-corrected chi connectivity index (χ4v) is 3.00. The van der Waals surface area contributed by atoms with Crippen molar-refractivity contribution in [2.75, 3.05) is 23.7 Å². The van der Waals surface area contributed by atoms with Crippen LogP contribution in [-0.4, -0.2) is 18.1 Å². The summed E-state index contributed by atoms with van der Waals surface area (Å²) in [7, 11) is 0. The number of nitrogens with two attached hydrogens (primary N) is 1. The van der Waals surface area contributed by atoms with Crippen molar-refractivity contribution in [2.45, 2.75) is 19.3 Å². The molecule has 0 spiro atoms. The second-order valence-electron chi connectivity index (χ2n) is 5.53. The van der Waals surface area contributed by atoms with Gasteiger partial charge in [-0.15, -0.1) is 0 Å². The molecule has 104 valence electrons. The summed E-state index contributed by atoms with van der Waals surface area (Å²) in [6.07, 6.45) is 5.39.